The molecule has 1 unspecified atom stereocenters. The summed E-state index contributed by atoms with van der Waals surface area (Å²) >= 11 is 7.94. The Morgan fingerprint density at radius 1 is 1.19 bits per heavy atom. The fraction of sp³-hybridized carbons (Fsp3) is 0.211. The van der Waals surface area contributed by atoms with E-state index in [0.717, 1.165) is 0 Å². The summed E-state index contributed by atoms with van der Waals surface area (Å²) < 4.78 is 34.6. The standard InChI is InChI=1S/C19H19ClINO4S/c1-26-18(23)11-16(12-21)19(15-7-9-17(20)10-8-15)22-27(24,25)13-14-5-3-2-4-6-14/h2-10,12,19,22H,11,13H2,1H3/b16-12-. The van der Waals surface area contributed by atoms with Gasteiger partial charge in [-0.3, -0.25) is 4.79 Å². The zero-order valence-corrected chi connectivity index (χ0v) is 18.3. The van der Waals surface area contributed by atoms with Crippen molar-refractivity contribution in [3.8, 4) is 0 Å². The van der Waals surface area contributed by atoms with E-state index in [0.29, 0.717) is 21.7 Å². The molecule has 0 spiro atoms. The van der Waals surface area contributed by atoms with Gasteiger partial charge in [0.1, 0.15) is 0 Å². The maximum atomic E-state index is 12.7. The molecule has 2 rings (SSSR count). The van der Waals surface area contributed by atoms with Gasteiger partial charge in [-0.1, -0.05) is 76.7 Å². The summed E-state index contributed by atoms with van der Waals surface area (Å²) in [5.41, 5.74) is 1.94. The van der Waals surface area contributed by atoms with Gasteiger partial charge in [-0.05, 0) is 32.9 Å². The first-order chi connectivity index (χ1) is 12.8. The number of carbonyl (C=O) groups excluding carboxylic acids is 1. The predicted molar refractivity (Wildman–Crippen MR) is 115 cm³/mol. The number of sulfonamides is 1. The molecule has 0 aliphatic carbocycles. The monoisotopic (exact) mass is 519 g/mol. The second-order valence-corrected chi connectivity index (χ2v) is 8.60. The second-order valence-electron chi connectivity index (χ2n) is 5.78. The lowest BCUT2D eigenvalue weighted by molar-refractivity contribution is -0.139. The third kappa shape index (κ3) is 6.91. The zero-order chi connectivity index (χ0) is 19.9. The van der Waals surface area contributed by atoms with Crippen LogP contribution in [0.1, 0.15) is 23.6 Å². The molecular weight excluding hydrogens is 501 g/mol. The molecule has 1 atom stereocenters. The highest BCUT2D eigenvalue weighted by atomic mass is 127. The number of halogens is 2. The van der Waals surface area contributed by atoms with Gasteiger partial charge >= 0.3 is 5.97 Å². The van der Waals surface area contributed by atoms with Crippen LogP contribution < -0.4 is 4.72 Å². The molecule has 0 bridgehead atoms. The number of ether oxygens (including phenoxy) is 1. The lowest BCUT2D eigenvalue weighted by Gasteiger charge is -2.22. The molecule has 8 heteroatoms. The minimum atomic E-state index is -3.67. The molecule has 5 nitrogen and oxygen atoms in total. The van der Waals surface area contributed by atoms with E-state index < -0.39 is 22.0 Å². The van der Waals surface area contributed by atoms with Crippen molar-refractivity contribution >= 4 is 50.2 Å². The highest BCUT2D eigenvalue weighted by Crippen LogP contribution is 2.28. The fourth-order valence-electron chi connectivity index (χ4n) is 2.47. The second kappa shape index (κ2) is 10.2. The molecule has 0 heterocycles. The van der Waals surface area contributed by atoms with Gasteiger partial charge in [-0.15, -0.1) is 0 Å². The van der Waals surface area contributed by atoms with Gasteiger partial charge in [0, 0.05) is 5.02 Å². The number of rotatable bonds is 8. The van der Waals surface area contributed by atoms with E-state index in [2.05, 4.69) is 4.72 Å². The minimum Gasteiger partial charge on any atom is -0.469 e. The Bertz CT molecular complexity index is 899. The summed E-state index contributed by atoms with van der Waals surface area (Å²) in [6.07, 6.45) is -0.0272. The molecule has 1 N–H and O–H groups in total. The van der Waals surface area contributed by atoms with Crippen molar-refractivity contribution in [2.45, 2.75) is 18.2 Å². The molecule has 2 aromatic carbocycles. The van der Waals surface area contributed by atoms with Crippen molar-refractivity contribution in [1.29, 1.82) is 0 Å². The van der Waals surface area contributed by atoms with Gasteiger partial charge in [0.15, 0.2) is 0 Å². The Kier molecular flexibility index (Phi) is 8.28. The predicted octanol–water partition coefficient (Wildman–Crippen LogP) is 4.38. The van der Waals surface area contributed by atoms with Gasteiger partial charge in [0.05, 0.1) is 25.3 Å². The molecule has 27 heavy (non-hydrogen) atoms. The lowest BCUT2D eigenvalue weighted by atomic mass is 9.98. The third-order valence-corrected chi connectivity index (χ3v) is 6.15. The quantitative estimate of drug-likeness (QED) is 0.415. The van der Waals surface area contributed by atoms with E-state index >= 15 is 0 Å². The Balaban J connectivity index is 2.33. The van der Waals surface area contributed by atoms with Gasteiger partial charge in [0.2, 0.25) is 10.0 Å². The zero-order valence-electron chi connectivity index (χ0n) is 14.6. The SMILES string of the molecule is COC(=O)C/C(=C/I)C(NS(=O)(=O)Cc1ccccc1)c1ccc(Cl)cc1. The number of hydrogen-bond donors (Lipinski definition) is 1. The third-order valence-electron chi connectivity index (χ3n) is 3.79. The molecule has 0 saturated heterocycles. The van der Waals surface area contributed by atoms with Crippen LogP contribution in [0, 0.1) is 0 Å². The fourth-order valence-corrected chi connectivity index (χ4v) is 4.54. The van der Waals surface area contributed by atoms with Gasteiger partial charge in [-0.2, -0.15) is 0 Å². The van der Waals surface area contributed by atoms with Crippen LogP contribution in [0.2, 0.25) is 5.02 Å². The van der Waals surface area contributed by atoms with Crippen molar-refractivity contribution in [2.75, 3.05) is 7.11 Å². The average Bonchev–Trinajstić information content (AvgIpc) is 2.65. The van der Waals surface area contributed by atoms with Gasteiger partial charge in [-0.25, -0.2) is 13.1 Å². The maximum absolute atomic E-state index is 12.7. The number of hydrogen-bond acceptors (Lipinski definition) is 4. The molecule has 144 valence electrons. The molecule has 0 amide bonds. The average molecular weight is 520 g/mol. The number of carbonyl (C=O) groups is 1. The molecule has 0 fully saturated rings. The summed E-state index contributed by atoms with van der Waals surface area (Å²) in [4.78, 5) is 11.8. The molecule has 0 aliphatic heterocycles. The summed E-state index contributed by atoms with van der Waals surface area (Å²) in [5.74, 6) is -0.607. The van der Waals surface area contributed by atoms with Crippen molar-refractivity contribution in [3.63, 3.8) is 0 Å². The van der Waals surface area contributed by atoms with Crippen LogP contribution in [0.5, 0.6) is 0 Å². The van der Waals surface area contributed by atoms with E-state index in [1.807, 2.05) is 28.7 Å². The van der Waals surface area contributed by atoms with Crippen LogP contribution in [-0.4, -0.2) is 21.5 Å². The maximum Gasteiger partial charge on any atom is 0.309 e. The van der Waals surface area contributed by atoms with Crippen LogP contribution in [-0.2, 0) is 25.3 Å². The number of benzene rings is 2. The number of methoxy groups -OCH3 is 1. The largest absolute Gasteiger partial charge is 0.469 e. The highest BCUT2D eigenvalue weighted by molar-refractivity contribution is 14.1. The van der Waals surface area contributed by atoms with Crippen molar-refractivity contribution in [2.24, 2.45) is 0 Å². The number of esters is 1. The van der Waals surface area contributed by atoms with Crippen molar-refractivity contribution in [1.82, 2.24) is 4.72 Å². The van der Waals surface area contributed by atoms with E-state index in [4.69, 9.17) is 16.3 Å². The smallest absolute Gasteiger partial charge is 0.309 e. The first-order valence-electron chi connectivity index (χ1n) is 8.00. The summed E-state index contributed by atoms with van der Waals surface area (Å²) in [6, 6.07) is 15.0. The molecule has 2 aromatic rings. The molecule has 0 aliphatic rings. The van der Waals surface area contributed by atoms with Crippen LogP contribution >= 0.6 is 34.2 Å². The Labute approximate surface area is 178 Å². The van der Waals surface area contributed by atoms with Gasteiger partial charge in [0.25, 0.3) is 0 Å². The molecule has 0 aromatic heterocycles. The van der Waals surface area contributed by atoms with Gasteiger partial charge < -0.3 is 4.74 Å². The summed E-state index contributed by atoms with van der Waals surface area (Å²) in [5, 5.41) is 0.539. The van der Waals surface area contributed by atoms with Crippen LogP contribution in [0.15, 0.2) is 64.3 Å². The van der Waals surface area contributed by atoms with Crippen LogP contribution in [0.4, 0.5) is 0 Å². The minimum absolute atomic E-state index is 0.0272. The topological polar surface area (TPSA) is 72.5 Å². The summed E-state index contributed by atoms with van der Waals surface area (Å²) in [7, 11) is -2.37. The molecular formula is C19H19ClINO4S. The highest BCUT2D eigenvalue weighted by Gasteiger charge is 2.25. The normalized spacial score (nSPS) is 13.2. The van der Waals surface area contributed by atoms with Crippen LogP contribution in [0.25, 0.3) is 0 Å². The first kappa shape index (κ1) is 21.9. The Morgan fingerprint density at radius 3 is 2.37 bits per heavy atom. The van der Waals surface area contributed by atoms with Crippen LogP contribution in [0.3, 0.4) is 0 Å². The molecule has 0 radical (unpaired) electrons. The Hall–Kier alpha value is -1.42. The Morgan fingerprint density at radius 2 is 1.81 bits per heavy atom. The van der Waals surface area contributed by atoms with E-state index in [9.17, 15) is 13.2 Å². The van der Waals surface area contributed by atoms with Crippen molar-refractivity contribution < 1.29 is 17.9 Å². The van der Waals surface area contributed by atoms with E-state index in [-0.39, 0.29) is 12.2 Å². The summed E-state index contributed by atoms with van der Waals surface area (Å²) in [6.45, 7) is 0. The van der Waals surface area contributed by atoms with E-state index in [1.165, 1.54) is 7.11 Å². The lowest BCUT2D eigenvalue weighted by Crippen LogP contribution is -2.31. The molecule has 0 saturated carbocycles. The van der Waals surface area contributed by atoms with Crippen molar-refractivity contribution in [3.05, 3.63) is 80.4 Å². The number of nitrogens with one attached hydrogen (secondary N) is 1. The first-order valence-corrected chi connectivity index (χ1v) is 11.3. The van der Waals surface area contributed by atoms with E-state index in [1.54, 1.807) is 52.6 Å².